The number of fused-ring (bicyclic) bond motifs is 1. The second-order valence-corrected chi connectivity index (χ2v) is 6.08. The number of aromatic amines is 1. The summed E-state index contributed by atoms with van der Waals surface area (Å²) in [5.41, 5.74) is 2.36. The zero-order valence-electron chi connectivity index (χ0n) is 12.3. The minimum atomic E-state index is -1.10. The molecule has 0 saturated carbocycles. The highest BCUT2D eigenvalue weighted by Crippen LogP contribution is 2.25. The van der Waals surface area contributed by atoms with Crippen LogP contribution >= 0.6 is 0 Å². The average Bonchev–Trinajstić information content (AvgIpc) is 2.29. The molecule has 0 aromatic carbocycles. The Labute approximate surface area is 119 Å². The molecule has 110 valence electrons. The number of rotatable bonds is 3. The van der Waals surface area contributed by atoms with Crippen molar-refractivity contribution in [3.63, 3.8) is 0 Å². The first-order chi connectivity index (χ1) is 9.50. The summed E-state index contributed by atoms with van der Waals surface area (Å²) in [6, 6.07) is 0. The number of nitrogens with one attached hydrogen (secondary N) is 1. The van der Waals surface area contributed by atoms with Gasteiger partial charge in [-0.1, -0.05) is 26.7 Å². The van der Waals surface area contributed by atoms with Crippen LogP contribution in [0.4, 0.5) is 0 Å². The molecule has 0 atom stereocenters. The van der Waals surface area contributed by atoms with Crippen molar-refractivity contribution in [1.29, 1.82) is 0 Å². The first-order valence-electron chi connectivity index (χ1n) is 7.51. The lowest BCUT2D eigenvalue weighted by Crippen LogP contribution is -2.26. The van der Waals surface area contributed by atoms with Crippen LogP contribution in [0, 0.1) is 5.92 Å². The van der Waals surface area contributed by atoms with E-state index in [1.54, 1.807) is 0 Å². The first-order valence-corrected chi connectivity index (χ1v) is 7.51. The Kier molecular flexibility index (Phi) is 4.63. The number of aromatic nitrogens is 1. The Bertz CT molecular complexity index is 558. The van der Waals surface area contributed by atoms with E-state index in [2.05, 4.69) is 18.8 Å². The molecule has 0 bridgehead atoms. The topological polar surface area (TPSA) is 70.2 Å². The van der Waals surface area contributed by atoms with Crippen LogP contribution in [0.3, 0.4) is 0 Å². The lowest BCUT2D eigenvalue weighted by atomic mass is 9.87. The zero-order chi connectivity index (χ0) is 14.7. The molecule has 20 heavy (non-hydrogen) atoms. The predicted octanol–water partition coefficient (Wildman–Crippen LogP) is 2.93. The van der Waals surface area contributed by atoms with Gasteiger partial charge in [-0.25, -0.2) is 4.79 Å². The largest absolute Gasteiger partial charge is 0.477 e. The Morgan fingerprint density at radius 1 is 1.15 bits per heavy atom. The maximum Gasteiger partial charge on any atom is 0.341 e. The van der Waals surface area contributed by atoms with E-state index >= 15 is 0 Å². The molecule has 0 aliphatic heterocycles. The summed E-state index contributed by atoms with van der Waals surface area (Å²) in [5, 5.41) is 9.34. The third kappa shape index (κ3) is 3.11. The summed E-state index contributed by atoms with van der Waals surface area (Å²) in [7, 11) is 0. The van der Waals surface area contributed by atoms with E-state index in [0.29, 0.717) is 12.3 Å². The fraction of sp³-hybridized carbons (Fsp3) is 0.625. The summed E-state index contributed by atoms with van der Waals surface area (Å²) >= 11 is 0. The summed E-state index contributed by atoms with van der Waals surface area (Å²) in [6.45, 7) is 4.22. The SMILES string of the molecule is CC(C)Cc1[nH]c(=O)c(C(=O)O)c2c1CCCCCC2. The van der Waals surface area contributed by atoms with Crippen molar-refractivity contribution in [1.82, 2.24) is 4.98 Å². The van der Waals surface area contributed by atoms with Crippen molar-refractivity contribution in [2.45, 2.75) is 58.8 Å². The molecule has 0 unspecified atom stereocenters. The number of carboxylic acid groups (broad SMARTS) is 1. The van der Waals surface area contributed by atoms with Gasteiger partial charge in [-0.2, -0.15) is 0 Å². The van der Waals surface area contributed by atoms with Crippen LogP contribution in [-0.4, -0.2) is 16.1 Å². The highest BCUT2D eigenvalue weighted by Gasteiger charge is 2.22. The number of hydrogen-bond acceptors (Lipinski definition) is 2. The quantitative estimate of drug-likeness (QED) is 0.892. The maximum atomic E-state index is 12.1. The summed E-state index contributed by atoms with van der Waals surface area (Å²) in [6.07, 6.45) is 6.74. The van der Waals surface area contributed by atoms with Crippen LogP contribution in [0.5, 0.6) is 0 Å². The van der Waals surface area contributed by atoms with Crippen molar-refractivity contribution in [2.75, 3.05) is 0 Å². The van der Waals surface area contributed by atoms with E-state index in [1.807, 2.05) is 0 Å². The molecule has 4 heteroatoms. The highest BCUT2D eigenvalue weighted by molar-refractivity contribution is 5.89. The second-order valence-electron chi connectivity index (χ2n) is 6.08. The van der Waals surface area contributed by atoms with Gasteiger partial charge in [-0.05, 0) is 49.1 Å². The minimum Gasteiger partial charge on any atom is -0.477 e. The maximum absolute atomic E-state index is 12.1. The van der Waals surface area contributed by atoms with Crippen LogP contribution in [0.15, 0.2) is 4.79 Å². The summed E-state index contributed by atoms with van der Waals surface area (Å²) < 4.78 is 0. The van der Waals surface area contributed by atoms with Crippen LogP contribution in [-0.2, 0) is 19.3 Å². The third-order valence-corrected chi connectivity index (χ3v) is 3.95. The fourth-order valence-corrected chi connectivity index (χ4v) is 3.09. The predicted molar refractivity (Wildman–Crippen MR) is 78.4 cm³/mol. The molecule has 2 N–H and O–H groups in total. The molecule has 4 nitrogen and oxygen atoms in total. The second kappa shape index (κ2) is 6.25. The molecular weight excluding hydrogens is 254 g/mol. The molecule has 0 spiro atoms. The van der Waals surface area contributed by atoms with Gasteiger partial charge in [-0.3, -0.25) is 4.79 Å². The van der Waals surface area contributed by atoms with Gasteiger partial charge in [0.2, 0.25) is 0 Å². The van der Waals surface area contributed by atoms with E-state index in [4.69, 9.17) is 0 Å². The molecule has 0 fully saturated rings. The van der Waals surface area contributed by atoms with Gasteiger partial charge >= 0.3 is 5.97 Å². The Morgan fingerprint density at radius 3 is 2.30 bits per heavy atom. The molecule has 0 saturated heterocycles. The molecule has 1 aromatic heterocycles. The first kappa shape index (κ1) is 14.8. The highest BCUT2D eigenvalue weighted by atomic mass is 16.4. The zero-order valence-corrected chi connectivity index (χ0v) is 12.3. The van der Waals surface area contributed by atoms with Crippen LogP contribution in [0.1, 0.15) is 66.7 Å². The van der Waals surface area contributed by atoms with Gasteiger partial charge < -0.3 is 10.1 Å². The number of H-pyrrole nitrogens is 1. The van der Waals surface area contributed by atoms with Crippen LogP contribution < -0.4 is 5.56 Å². The van der Waals surface area contributed by atoms with Crippen molar-refractivity contribution in [3.05, 3.63) is 32.7 Å². The number of carbonyl (C=O) groups is 1. The van der Waals surface area contributed by atoms with Crippen molar-refractivity contribution >= 4 is 5.97 Å². The van der Waals surface area contributed by atoms with E-state index in [-0.39, 0.29) is 5.56 Å². The van der Waals surface area contributed by atoms with Gasteiger partial charge in [0, 0.05) is 5.69 Å². The molecule has 0 radical (unpaired) electrons. The van der Waals surface area contributed by atoms with E-state index < -0.39 is 11.5 Å². The molecule has 1 heterocycles. The van der Waals surface area contributed by atoms with Gasteiger partial charge in [0.25, 0.3) is 5.56 Å². The Hall–Kier alpha value is -1.58. The lowest BCUT2D eigenvalue weighted by molar-refractivity contribution is 0.0693. The number of carboxylic acids is 1. The number of aromatic carboxylic acids is 1. The summed E-state index contributed by atoms with van der Waals surface area (Å²) in [5.74, 6) is -0.657. The van der Waals surface area contributed by atoms with E-state index in [9.17, 15) is 14.7 Å². The van der Waals surface area contributed by atoms with Crippen molar-refractivity contribution < 1.29 is 9.90 Å². The average molecular weight is 277 g/mol. The Morgan fingerprint density at radius 2 is 1.75 bits per heavy atom. The minimum absolute atomic E-state index is 0.0330. The molecule has 0 amide bonds. The van der Waals surface area contributed by atoms with E-state index in [1.165, 1.54) is 6.42 Å². The van der Waals surface area contributed by atoms with Gasteiger partial charge in [-0.15, -0.1) is 0 Å². The molecule has 1 aliphatic rings. The standard InChI is InChI=1S/C16H23NO3/c1-10(2)9-13-11-7-5-3-4-6-8-12(11)14(16(19)20)15(18)17-13/h10H,3-9H2,1-2H3,(H,17,18)(H,19,20). The normalized spacial score (nSPS) is 15.6. The van der Waals surface area contributed by atoms with Crippen molar-refractivity contribution in [3.8, 4) is 0 Å². The van der Waals surface area contributed by atoms with Crippen LogP contribution in [0.2, 0.25) is 0 Å². The lowest BCUT2D eigenvalue weighted by Gasteiger charge is -2.20. The monoisotopic (exact) mass is 277 g/mol. The smallest absolute Gasteiger partial charge is 0.341 e. The summed E-state index contributed by atoms with van der Waals surface area (Å²) in [4.78, 5) is 26.3. The number of pyridine rings is 1. The Balaban J connectivity index is 2.61. The van der Waals surface area contributed by atoms with E-state index in [0.717, 1.165) is 48.9 Å². The van der Waals surface area contributed by atoms with Crippen LogP contribution in [0.25, 0.3) is 0 Å². The molecule has 1 aromatic rings. The van der Waals surface area contributed by atoms with Gasteiger partial charge in [0.15, 0.2) is 0 Å². The molecule has 1 aliphatic carbocycles. The van der Waals surface area contributed by atoms with Crippen molar-refractivity contribution in [2.24, 2.45) is 5.92 Å². The van der Waals surface area contributed by atoms with Gasteiger partial charge in [0.1, 0.15) is 5.56 Å². The molecule has 2 rings (SSSR count). The molecular formula is C16H23NO3. The van der Waals surface area contributed by atoms with Gasteiger partial charge in [0.05, 0.1) is 0 Å². The fourth-order valence-electron chi connectivity index (χ4n) is 3.09. The number of hydrogen-bond donors (Lipinski definition) is 2. The third-order valence-electron chi connectivity index (χ3n) is 3.95.